The van der Waals surface area contributed by atoms with E-state index in [1.807, 2.05) is 12.1 Å². The van der Waals surface area contributed by atoms with Gasteiger partial charge in [-0.15, -0.1) is 0 Å². The fourth-order valence-corrected chi connectivity index (χ4v) is 2.58. The van der Waals surface area contributed by atoms with Crippen LogP contribution in [-0.4, -0.2) is 25.1 Å². The van der Waals surface area contributed by atoms with E-state index in [0.29, 0.717) is 5.92 Å². The summed E-state index contributed by atoms with van der Waals surface area (Å²) in [5.41, 5.74) is 1.27. The summed E-state index contributed by atoms with van der Waals surface area (Å²) in [7, 11) is 1.61. The third kappa shape index (κ3) is 3.72. The molecule has 3 heteroatoms. The number of rotatable bonds is 5. The number of aliphatic hydroxyl groups excluding tert-OH is 1. The first-order valence-electron chi connectivity index (χ1n) is 6.68. The molecule has 0 radical (unpaired) electrons. The Kier molecular flexibility index (Phi) is 5.02. The van der Waals surface area contributed by atoms with Gasteiger partial charge in [-0.1, -0.05) is 25.0 Å². The molecule has 0 saturated heterocycles. The number of hydrogen-bond acceptors (Lipinski definition) is 3. The van der Waals surface area contributed by atoms with Crippen molar-refractivity contribution in [1.82, 2.24) is 0 Å². The van der Waals surface area contributed by atoms with Crippen molar-refractivity contribution in [3.8, 4) is 5.75 Å². The molecule has 0 aliphatic heterocycles. The van der Waals surface area contributed by atoms with Gasteiger partial charge in [0, 0.05) is 7.11 Å². The predicted molar refractivity (Wildman–Crippen MR) is 70.6 cm³/mol. The number of ether oxygens (including phenoxy) is 2. The Morgan fingerprint density at radius 3 is 2.56 bits per heavy atom. The topological polar surface area (TPSA) is 38.7 Å². The molecule has 100 valence electrons. The summed E-state index contributed by atoms with van der Waals surface area (Å²) < 4.78 is 10.2. The summed E-state index contributed by atoms with van der Waals surface area (Å²) in [6.45, 7) is 0.278. The number of aliphatic hydroxyl groups is 1. The monoisotopic (exact) mass is 250 g/mol. The minimum atomic E-state index is -0.122. The maximum absolute atomic E-state index is 9.96. The third-order valence-electron chi connectivity index (χ3n) is 3.63. The zero-order valence-corrected chi connectivity index (χ0v) is 11.0. The van der Waals surface area contributed by atoms with E-state index in [1.165, 1.54) is 18.4 Å². The van der Waals surface area contributed by atoms with Crippen molar-refractivity contribution < 1.29 is 14.6 Å². The summed E-state index contributed by atoms with van der Waals surface area (Å²) in [6.07, 6.45) is 5.36. The molecule has 1 aromatic rings. The fraction of sp³-hybridized carbons (Fsp3) is 0.600. The van der Waals surface area contributed by atoms with Crippen molar-refractivity contribution in [2.45, 2.75) is 38.2 Å². The molecule has 1 aliphatic rings. The smallest absolute Gasteiger partial charge is 0.188 e. The van der Waals surface area contributed by atoms with Crippen LogP contribution in [0, 0.1) is 5.92 Å². The van der Waals surface area contributed by atoms with Crippen molar-refractivity contribution >= 4 is 0 Å². The molecule has 2 atom stereocenters. The lowest BCUT2D eigenvalue weighted by molar-refractivity contribution is 0.0511. The molecule has 2 rings (SSSR count). The van der Waals surface area contributed by atoms with Crippen molar-refractivity contribution in [3.05, 3.63) is 29.8 Å². The molecule has 1 aromatic carbocycles. The summed E-state index contributed by atoms with van der Waals surface area (Å²) in [4.78, 5) is 0. The molecular weight excluding hydrogens is 228 g/mol. The molecule has 1 aliphatic carbocycles. The average Bonchev–Trinajstić information content (AvgIpc) is 2.41. The molecule has 1 saturated carbocycles. The van der Waals surface area contributed by atoms with Crippen molar-refractivity contribution in [1.29, 1.82) is 0 Å². The lowest BCUT2D eigenvalue weighted by Crippen LogP contribution is -2.26. The van der Waals surface area contributed by atoms with E-state index in [2.05, 4.69) is 12.1 Å². The Morgan fingerprint density at radius 2 is 1.89 bits per heavy atom. The Hall–Kier alpha value is -1.06. The zero-order valence-electron chi connectivity index (χ0n) is 11.0. The van der Waals surface area contributed by atoms with Gasteiger partial charge in [0.15, 0.2) is 6.79 Å². The SMILES string of the molecule is COCOc1ccc(CC2CCCCC2O)cc1. The molecule has 1 fully saturated rings. The second-order valence-electron chi connectivity index (χ2n) is 5.01. The Morgan fingerprint density at radius 1 is 1.17 bits per heavy atom. The summed E-state index contributed by atoms with van der Waals surface area (Å²) in [6, 6.07) is 8.08. The molecular formula is C15H22O3. The van der Waals surface area contributed by atoms with Crippen LogP contribution in [0.25, 0.3) is 0 Å². The first-order valence-corrected chi connectivity index (χ1v) is 6.68. The highest BCUT2D eigenvalue weighted by Crippen LogP contribution is 2.27. The average molecular weight is 250 g/mol. The highest BCUT2D eigenvalue weighted by atomic mass is 16.7. The maximum atomic E-state index is 9.96. The van der Waals surface area contributed by atoms with Gasteiger partial charge in [0.25, 0.3) is 0 Å². The van der Waals surface area contributed by atoms with Gasteiger partial charge in [-0.3, -0.25) is 0 Å². The molecule has 2 unspecified atom stereocenters. The van der Waals surface area contributed by atoms with Crippen molar-refractivity contribution in [3.63, 3.8) is 0 Å². The second kappa shape index (κ2) is 6.76. The number of hydrogen-bond donors (Lipinski definition) is 1. The lowest BCUT2D eigenvalue weighted by atomic mass is 9.82. The highest BCUT2D eigenvalue weighted by molar-refractivity contribution is 5.27. The molecule has 0 aromatic heterocycles. The first kappa shape index (κ1) is 13.4. The van der Waals surface area contributed by atoms with Crippen LogP contribution in [-0.2, 0) is 11.2 Å². The van der Waals surface area contributed by atoms with Gasteiger partial charge in [-0.05, 0) is 42.9 Å². The Labute approximate surface area is 109 Å². The van der Waals surface area contributed by atoms with Crippen LogP contribution in [0.4, 0.5) is 0 Å². The largest absolute Gasteiger partial charge is 0.468 e. The fourth-order valence-electron chi connectivity index (χ4n) is 2.58. The van der Waals surface area contributed by atoms with Crippen LogP contribution >= 0.6 is 0 Å². The first-order chi connectivity index (χ1) is 8.79. The van der Waals surface area contributed by atoms with Crippen LogP contribution in [0.1, 0.15) is 31.2 Å². The standard InChI is InChI=1S/C15H22O3/c1-17-11-18-14-8-6-12(7-9-14)10-13-4-2-3-5-15(13)16/h6-9,13,15-16H,2-5,10-11H2,1H3. The zero-order chi connectivity index (χ0) is 12.8. The minimum absolute atomic E-state index is 0.122. The van der Waals surface area contributed by atoms with Crippen LogP contribution in [0.5, 0.6) is 5.75 Å². The normalized spacial score (nSPS) is 23.9. The molecule has 0 bridgehead atoms. The van der Waals surface area contributed by atoms with Gasteiger partial charge in [0.05, 0.1) is 6.10 Å². The summed E-state index contributed by atoms with van der Waals surface area (Å²) >= 11 is 0. The van der Waals surface area contributed by atoms with E-state index in [-0.39, 0.29) is 12.9 Å². The van der Waals surface area contributed by atoms with Gasteiger partial charge in [-0.2, -0.15) is 0 Å². The van der Waals surface area contributed by atoms with Gasteiger partial charge in [0.1, 0.15) is 5.75 Å². The Bertz CT molecular complexity index is 347. The molecule has 0 spiro atoms. The van der Waals surface area contributed by atoms with Crippen LogP contribution < -0.4 is 4.74 Å². The number of methoxy groups -OCH3 is 1. The maximum Gasteiger partial charge on any atom is 0.188 e. The van der Waals surface area contributed by atoms with Crippen molar-refractivity contribution in [2.75, 3.05) is 13.9 Å². The third-order valence-corrected chi connectivity index (χ3v) is 3.63. The van der Waals surface area contributed by atoms with E-state index in [4.69, 9.17) is 9.47 Å². The quantitative estimate of drug-likeness (QED) is 0.817. The van der Waals surface area contributed by atoms with Crippen molar-refractivity contribution in [2.24, 2.45) is 5.92 Å². The lowest BCUT2D eigenvalue weighted by Gasteiger charge is -2.27. The number of benzene rings is 1. The van der Waals surface area contributed by atoms with E-state index in [1.54, 1.807) is 7.11 Å². The molecule has 18 heavy (non-hydrogen) atoms. The van der Waals surface area contributed by atoms with Gasteiger partial charge < -0.3 is 14.6 Å². The predicted octanol–water partition coefficient (Wildman–Crippen LogP) is 2.76. The van der Waals surface area contributed by atoms with Gasteiger partial charge in [0.2, 0.25) is 0 Å². The van der Waals surface area contributed by atoms with Gasteiger partial charge >= 0.3 is 0 Å². The molecule has 1 N–H and O–H groups in total. The van der Waals surface area contributed by atoms with E-state index >= 15 is 0 Å². The molecule has 0 heterocycles. The molecule has 0 amide bonds. The van der Waals surface area contributed by atoms with Crippen LogP contribution in [0.2, 0.25) is 0 Å². The van der Waals surface area contributed by atoms with Crippen LogP contribution in [0.3, 0.4) is 0 Å². The summed E-state index contributed by atoms with van der Waals surface area (Å²) in [5, 5.41) is 9.96. The van der Waals surface area contributed by atoms with Gasteiger partial charge in [-0.25, -0.2) is 0 Å². The highest BCUT2D eigenvalue weighted by Gasteiger charge is 2.22. The summed E-state index contributed by atoms with van der Waals surface area (Å²) in [5.74, 6) is 1.24. The van der Waals surface area contributed by atoms with E-state index in [0.717, 1.165) is 25.0 Å². The van der Waals surface area contributed by atoms with E-state index < -0.39 is 0 Å². The molecule has 3 nitrogen and oxygen atoms in total. The van der Waals surface area contributed by atoms with Crippen LogP contribution in [0.15, 0.2) is 24.3 Å². The second-order valence-corrected chi connectivity index (χ2v) is 5.01. The van der Waals surface area contributed by atoms with E-state index in [9.17, 15) is 5.11 Å². The Balaban J connectivity index is 1.89. The minimum Gasteiger partial charge on any atom is -0.468 e.